The highest BCUT2D eigenvalue weighted by atomic mass is 16.6. The van der Waals surface area contributed by atoms with Gasteiger partial charge >= 0.3 is 5.97 Å². The van der Waals surface area contributed by atoms with E-state index in [1.165, 1.54) is 12.1 Å². The maximum absolute atomic E-state index is 11.6. The van der Waals surface area contributed by atoms with Crippen molar-refractivity contribution >= 4 is 5.97 Å². The second-order valence-corrected chi connectivity index (χ2v) is 8.90. The molecule has 2 unspecified atom stereocenters. The third-order valence-electron chi connectivity index (χ3n) is 6.13. The smallest absolute Gasteiger partial charge is 0.305 e. The molecule has 2 N–H and O–H groups in total. The monoisotopic (exact) mass is 484 g/mol. The maximum atomic E-state index is 11.6. The number of rotatable bonds is 8. The van der Waals surface area contributed by atoms with Crippen LogP contribution in [0.3, 0.4) is 0 Å². The summed E-state index contributed by atoms with van der Waals surface area (Å²) in [7, 11) is 0. The van der Waals surface area contributed by atoms with Crippen LogP contribution in [0, 0.1) is 0 Å². The lowest BCUT2D eigenvalue weighted by atomic mass is 9.76. The third kappa shape index (κ3) is 4.87. The number of aryl methyl sites for hydroxylation is 1. The van der Waals surface area contributed by atoms with Crippen LogP contribution in [-0.4, -0.2) is 59.3 Å². The van der Waals surface area contributed by atoms with Gasteiger partial charge in [-0.2, -0.15) is 0 Å². The number of fused-ring (bicyclic) bond motifs is 1. The van der Waals surface area contributed by atoms with Gasteiger partial charge in [0.15, 0.2) is 11.9 Å². The van der Waals surface area contributed by atoms with Crippen LogP contribution >= 0.6 is 0 Å². The Morgan fingerprint density at radius 2 is 2.06 bits per heavy atom. The van der Waals surface area contributed by atoms with Gasteiger partial charge in [0.25, 0.3) is 5.56 Å². The molecule has 4 rings (SSSR count). The fourth-order valence-corrected chi connectivity index (χ4v) is 3.85. The number of aromatic amines is 1. The van der Waals surface area contributed by atoms with Crippen LogP contribution in [0.2, 0.25) is 0 Å². The highest BCUT2D eigenvalue weighted by Crippen LogP contribution is 2.48. The second-order valence-electron chi connectivity index (χ2n) is 8.90. The molecule has 0 radical (unpaired) electrons. The standard InChI is InChI=1S/C23H28N6O6/c1-5-33-19(31)7-6-12-29-21(26-27-28-29)14-8-9-16-15(13-14)20(23(4,32)22(2,3)35-16)34-18-11-10-17(30)24-25-18/h8-11,13,20,32H,5-7,12H2,1-4H3,(H,24,30). The van der Waals surface area contributed by atoms with Crippen LogP contribution < -0.4 is 15.0 Å². The van der Waals surface area contributed by atoms with Crippen molar-refractivity contribution in [1.29, 1.82) is 0 Å². The summed E-state index contributed by atoms with van der Waals surface area (Å²) in [6.45, 7) is 7.68. The largest absolute Gasteiger partial charge is 0.484 e. The fourth-order valence-electron chi connectivity index (χ4n) is 3.85. The van der Waals surface area contributed by atoms with Gasteiger partial charge in [-0.25, -0.2) is 9.78 Å². The fraction of sp³-hybridized carbons (Fsp3) is 0.478. The number of carbonyl (C=O) groups excluding carboxylic acids is 1. The molecule has 0 saturated heterocycles. The van der Waals surface area contributed by atoms with Crippen molar-refractivity contribution in [3.8, 4) is 23.0 Å². The summed E-state index contributed by atoms with van der Waals surface area (Å²) < 4.78 is 18.8. The number of nitrogens with one attached hydrogen (secondary N) is 1. The average molecular weight is 485 g/mol. The normalized spacial score (nSPS) is 20.5. The number of nitrogens with zero attached hydrogens (tertiary/aromatic N) is 5. The number of hydrogen-bond acceptors (Lipinski definition) is 10. The summed E-state index contributed by atoms with van der Waals surface area (Å²) >= 11 is 0. The zero-order valence-electron chi connectivity index (χ0n) is 20.0. The van der Waals surface area contributed by atoms with Gasteiger partial charge in [0, 0.05) is 36.2 Å². The van der Waals surface area contributed by atoms with Gasteiger partial charge in [0.2, 0.25) is 5.88 Å². The molecule has 2 aromatic heterocycles. The highest BCUT2D eigenvalue weighted by molar-refractivity contribution is 5.69. The number of carbonyl (C=O) groups is 1. The van der Waals surface area contributed by atoms with Crippen LogP contribution in [0.5, 0.6) is 11.6 Å². The van der Waals surface area contributed by atoms with Crippen molar-refractivity contribution < 1.29 is 24.1 Å². The van der Waals surface area contributed by atoms with Gasteiger partial charge < -0.3 is 19.3 Å². The van der Waals surface area contributed by atoms with Gasteiger partial charge in [-0.05, 0) is 62.7 Å². The van der Waals surface area contributed by atoms with Crippen molar-refractivity contribution in [3.05, 3.63) is 46.2 Å². The molecule has 2 atom stereocenters. The molecule has 0 fully saturated rings. The number of tetrazole rings is 1. The van der Waals surface area contributed by atoms with Gasteiger partial charge in [-0.1, -0.05) is 0 Å². The number of benzene rings is 1. The number of hydrogen-bond donors (Lipinski definition) is 2. The number of aliphatic hydroxyl groups is 1. The van der Waals surface area contributed by atoms with Crippen molar-refractivity contribution in [2.45, 2.75) is 64.4 Å². The quantitative estimate of drug-likeness (QED) is 0.452. The Labute approximate surface area is 201 Å². The van der Waals surface area contributed by atoms with Crippen LogP contribution in [0.15, 0.2) is 35.1 Å². The lowest BCUT2D eigenvalue weighted by Gasteiger charge is -2.48. The summed E-state index contributed by atoms with van der Waals surface area (Å²) in [5.74, 6) is 0.893. The van der Waals surface area contributed by atoms with Crippen LogP contribution in [0.25, 0.3) is 11.4 Å². The SMILES string of the molecule is CCOC(=O)CCCn1nnnc1-c1ccc2c(c1)C(Oc1ccc(=O)[nH]n1)C(C)(O)C(C)(C)O2. The van der Waals surface area contributed by atoms with E-state index >= 15 is 0 Å². The summed E-state index contributed by atoms with van der Waals surface area (Å²) in [5.41, 5.74) is -1.59. The zero-order chi connectivity index (χ0) is 25.2. The Balaban J connectivity index is 1.66. The number of esters is 1. The first-order valence-corrected chi connectivity index (χ1v) is 11.3. The molecule has 186 valence electrons. The Kier molecular flexibility index (Phi) is 6.57. The molecular formula is C23H28N6O6. The number of H-pyrrole nitrogens is 1. The van der Waals surface area contributed by atoms with E-state index in [1.807, 2.05) is 6.07 Å². The van der Waals surface area contributed by atoms with Crippen molar-refractivity contribution in [1.82, 2.24) is 30.4 Å². The van der Waals surface area contributed by atoms with Crippen molar-refractivity contribution in [2.24, 2.45) is 0 Å². The minimum absolute atomic E-state index is 0.146. The first-order chi connectivity index (χ1) is 16.6. The lowest BCUT2D eigenvalue weighted by molar-refractivity contribution is -0.175. The summed E-state index contributed by atoms with van der Waals surface area (Å²) in [4.78, 5) is 23.1. The molecule has 12 heteroatoms. The van der Waals surface area contributed by atoms with E-state index in [-0.39, 0.29) is 23.8 Å². The Morgan fingerprint density at radius 1 is 1.26 bits per heavy atom. The minimum Gasteiger partial charge on any atom is -0.484 e. The number of aromatic nitrogens is 6. The molecule has 1 aromatic carbocycles. The van der Waals surface area contributed by atoms with Gasteiger partial charge in [-0.15, -0.1) is 10.2 Å². The van der Waals surface area contributed by atoms with Crippen molar-refractivity contribution in [3.63, 3.8) is 0 Å². The van der Waals surface area contributed by atoms with E-state index in [2.05, 4.69) is 25.7 Å². The molecule has 3 aromatic rings. The molecule has 0 spiro atoms. The van der Waals surface area contributed by atoms with Crippen LogP contribution in [0.1, 0.15) is 52.2 Å². The Hall–Kier alpha value is -3.80. The summed E-state index contributed by atoms with van der Waals surface area (Å²) in [6.07, 6.45) is -0.115. The van der Waals surface area contributed by atoms with Gasteiger partial charge in [-0.3, -0.25) is 9.59 Å². The lowest BCUT2D eigenvalue weighted by Crippen LogP contribution is -2.59. The minimum atomic E-state index is -1.47. The molecule has 0 aliphatic carbocycles. The predicted octanol–water partition coefficient (Wildman–Crippen LogP) is 1.81. The zero-order valence-corrected chi connectivity index (χ0v) is 20.0. The molecular weight excluding hydrogens is 456 g/mol. The van der Waals surface area contributed by atoms with E-state index in [0.29, 0.717) is 42.3 Å². The first-order valence-electron chi connectivity index (χ1n) is 11.3. The third-order valence-corrected chi connectivity index (χ3v) is 6.13. The van der Waals surface area contributed by atoms with E-state index in [4.69, 9.17) is 14.2 Å². The predicted molar refractivity (Wildman–Crippen MR) is 123 cm³/mol. The molecule has 0 amide bonds. The molecule has 1 aliphatic heterocycles. The van der Waals surface area contributed by atoms with Gasteiger partial charge in [0.1, 0.15) is 17.0 Å². The summed E-state index contributed by atoms with van der Waals surface area (Å²) in [6, 6.07) is 8.12. The topological polar surface area (TPSA) is 154 Å². The summed E-state index contributed by atoms with van der Waals surface area (Å²) in [5, 5.41) is 29.7. The van der Waals surface area contributed by atoms with Crippen molar-refractivity contribution in [2.75, 3.05) is 6.61 Å². The first kappa shape index (κ1) is 24.3. The van der Waals surface area contributed by atoms with Crippen LogP contribution in [-0.2, 0) is 16.1 Å². The Bertz CT molecular complexity index is 1250. The van der Waals surface area contributed by atoms with E-state index in [9.17, 15) is 14.7 Å². The molecule has 3 heterocycles. The second kappa shape index (κ2) is 9.45. The molecule has 1 aliphatic rings. The van der Waals surface area contributed by atoms with Crippen LogP contribution in [0.4, 0.5) is 0 Å². The Morgan fingerprint density at radius 3 is 2.77 bits per heavy atom. The van der Waals surface area contributed by atoms with E-state index in [0.717, 1.165) is 0 Å². The number of ether oxygens (including phenoxy) is 3. The maximum Gasteiger partial charge on any atom is 0.305 e. The van der Waals surface area contributed by atoms with Gasteiger partial charge in [0.05, 0.1) is 6.61 Å². The highest BCUT2D eigenvalue weighted by Gasteiger charge is 2.54. The average Bonchev–Trinajstić information content (AvgIpc) is 3.27. The van der Waals surface area contributed by atoms with E-state index < -0.39 is 17.3 Å². The molecule has 35 heavy (non-hydrogen) atoms. The molecule has 0 saturated carbocycles. The van der Waals surface area contributed by atoms with E-state index in [1.54, 1.807) is 44.5 Å². The molecule has 12 nitrogen and oxygen atoms in total. The molecule has 0 bridgehead atoms.